The van der Waals surface area contributed by atoms with Crippen molar-refractivity contribution in [3.63, 3.8) is 0 Å². The van der Waals surface area contributed by atoms with E-state index in [2.05, 4.69) is 27.2 Å². The molecule has 9 nitrogen and oxygen atoms in total. The Morgan fingerprint density at radius 3 is 2.74 bits per heavy atom. The third-order valence-electron chi connectivity index (χ3n) is 5.45. The molecule has 2 N–H and O–H groups in total. The number of benzene rings is 2. The highest BCUT2D eigenvalue weighted by atomic mass is 16.5. The zero-order valence-corrected chi connectivity index (χ0v) is 19.7. The lowest BCUT2D eigenvalue weighted by Crippen LogP contribution is -2.37. The van der Waals surface area contributed by atoms with Crippen LogP contribution in [0.25, 0.3) is 0 Å². The molecule has 1 aromatic heterocycles. The number of hydrogen-bond donors (Lipinski definition) is 2. The van der Waals surface area contributed by atoms with Crippen LogP contribution in [0.1, 0.15) is 12.5 Å². The molecule has 180 valence electrons. The molecular weight excluding hydrogens is 446 g/mol. The van der Waals surface area contributed by atoms with Crippen LogP contribution in [0, 0.1) is 5.92 Å². The number of hydrogen-bond acceptors (Lipinski definition) is 7. The fraction of sp³-hybridized carbons (Fsp3) is 0.231. The molecule has 0 saturated carbocycles. The lowest BCUT2D eigenvalue weighted by molar-refractivity contribution is -0.121. The average Bonchev–Trinajstić information content (AvgIpc) is 2.86. The topological polar surface area (TPSA) is 106 Å². The van der Waals surface area contributed by atoms with Crippen LogP contribution in [0.4, 0.5) is 28.8 Å². The maximum Gasteiger partial charge on any atom is 0.247 e. The third-order valence-corrected chi connectivity index (χ3v) is 5.45. The smallest absolute Gasteiger partial charge is 0.247 e. The first-order valence-electron chi connectivity index (χ1n) is 11.2. The second kappa shape index (κ2) is 10.8. The van der Waals surface area contributed by atoms with Gasteiger partial charge in [-0.25, -0.2) is 4.98 Å². The van der Waals surface area contributed by atoms with E-state index in [9.17, 15) is 9.59 Å². The van der Waals surface area contributed by atoms with Gasteiger partial charge in [-0.3, -0.25) is 14.5 Å². The van der Waals surface area contributed by atoms with Crippen molar-refractivity contribution in [2.24, 2.45) is 5.92 Å². The van der Waals surface area contributed by atoms with Crippen LogP contribution in [0.5, 0.6) is 5.75 Å². The Morgan fingerprint density at radius 2 is 2.00 bits per heavy atom. The monoisotopic (exact) mass is 473 g/mol. The number of carbonyl (C=O) groups excluding carboxylic acids is 2. The Labute approximate surface area is 203 Å². The first-order valence-corrected chi connectivity index (χ1v) is 11.2. The summed E-state index contributed by atoms with van der Waals surface area (Å²) in [5, 5.41) is 5.91. The Bertz CT molecular complexity index is 1230. The summed E-state index contributed by atoms with van der Waals surface area (Å²) in [5.41, 5.74) is 2.80. The molecule has 2 amide bonds. The van der Waals surface area contributed by atoms with Crippen molar-refractivity contribution in [1.29, 1.82) is 0 Å². The van der Waals surface area contributed by atoms with Crippen molar-refractivity contribution in [2.75, 3.05) is 35.9 Å². The van der Waals surface area contributed by atoms with Crippen LogP contribution in [0.2, 0.25) is 0 Å². The van der Waals surface area contributed by atoms with Crippen molar-refractivity contribution in [1.82, 2.24) is 9.97 Å². The highest BCUT2D eigenvalue weighted by Gasteiger charge is 2.33. The van der Waals surface area contributed by atoms with E-state index in [-0.39, 0.29) is 17.7 Å². The Hall–Kier alpha value is -4.24. The predicted molar refractivity (Wildman–Crippen MR) is 134 cm³/mol. The van der Waals surface area contributed by atoms with Crippen LogP contribution < -0.4 is 20.3 Å². The number of aromatic nitrogens is 2. The average molecular weight is 474 g/mol. The van der Waals surface area contributed by atoms with Gasteiger partial charge in [0.1, 0.15) is 18.2 Å². The standard InChI is InChI=1S/C26H27N5O4/c1-4-23(32)28-20-6-5-7-21(15-20)31-24-18(14-17(2)25(31)33)16-27-26(30-24)29-19-8-10-22(11-9-19)35-13-12-34-3/h4-11,15-17H,1,12-14H2,2-3H3,(H,28,32)(H,27,29,30). The van der Waals surface area contributed by atoms with Crippen LogP contribution in [0.15, 0.2) is 67.4 Å². The molecule has 3 aromatic rings. The minimum Gasteiger partial charge on any atom is -0.491 e. The van der Waals surface area contributed by atoms with Crippen LogP contribution in [0.3, 0.4) is 0 Å². The maximum absolute atomic E-state index is 13.2. The molecule has 35 heavy (non-hydrogen) atoms. The van der Waals surface area contributed by atoms with E-state index in [4.69, 9.17) is 9.47 Å². The molecule has 1 aliphatic rings. The number of nitrogens with zero attached hydrogens (tertiary/aromatic N) is 3. The van der Waals surface area contributed by atoms with Gasteiger partial charge in [0.25, 0.3) is 0 Å². The second-order valence-corrected chi connectivity index (χ2v) is 8.06. The quantitative estimate of drug-likeness (QED) is 0.354. The summed E-state index contributed by atoms with van der Waals surface area (Å²) >= 11 is 0. The SMILES string of the molecule is C=CC(=O)Nc1cccc(N2C(=O)C(C)Cc3cnc(Nc4ccc(OCCOC)cc4)nc32)c1. The molecule has 0 fully saturated rings. The number of ether oxygens (including phenoxy) is 2. The second-order valence-electron chi connectivity index (χ2n) is 8.06. The van der Waals surface area contributed by atoms with E-state index in [0.717, 1.165) is 17.0 Å². The Kier molecular flexibility index (Phi) is 7.37. The summed E-state index contributed by atoms with van der Waals surface area (Å²) in [7, 11) is 1.63. The summed E-state index contributed by atoms with van der Waals surface area (Å²) in [4.78, 5) is 35.6. The number of carbonyl (C=O) groups is 2. The highest BCUT2D eigenvalue weighted by molar-refractivity contribution is 6.04. The molecule has 0 radical (unpaired) electrons. The molecule has 0 aliphatic carbocycles. The van der Waals surface area contributed by atoms with Crippen molar-refractivity contribution in [2.45, 2.75) is 13.3 Å². The maximum atomic E-state index is 13.2. The van der Waals surface area contributed by atoms with Gasteiger partial charge in [0, 0.05) is 36.2 Å². The molecule has 0 spiro atoms. The molecule has 2 heterocycles. The van der Waals surface area contributed by atoms with Crippen molar-refractivity contribution < 1.29 is 19.1 Å². The van der Waals surface area contributed by atoms with E-state index in [0.29, 0.717) is 42.8 Å². The molecule has 2 aromatic carbocycles. The summed E-state index contributed by atoms with van der Waals surface area (Å²) < 4.78 is 10.6. The number of nitrogens with one attached hydrogen (secondary N) is 2. The summed E-state index contributed by atoms with van der Waals surface area (Å²) in [5.74, 6) is 0.962. The lowest BCUT2D eigenvalue weighted by Gasteiger charge is -2.32. The lowest BCUT2D eigenvalue weighted by atomic mass is 9.96. The molecule has 1 unspecified atom stereocenters. The fourth-order valence-electron chi connectivity index (χ4n) is 3.71. The number of rotatable bonds is 9. The number of amides is 2. The van der Waals surface area contributed by atoms with Gasteiger partial charge in [0.05, 0.1) is 12.3 Å². The Balaban J connectivity index is 1.60. The summed E-state index contributed by atoms with van der Waals surface area (Å²) in [6.07, 6.45) is 3.48. The van der Waals surface area contributed by atoms with Gasteiger partial charge >= 0.3 is 0 Å². The van der Waals surface area contributed by atoms with Crippen molar-refractivity contribution >= 4 is 40.6 Å². The molecule has 9 heteroatoms. The van der Waals surface area contributed by atoms with Crippen molar-refractivity contribution in [3.8, 4) is 5.75 Å². The fourth-order valence-corrected chi connectivity index (χ4v) is 3.71. The van der Waals surface area contributed by atoms with Crippen LogP contribution in [-0.4, -0.2) is 42.1 Å². The normalized spacial score (nSPS) is 14.7. The largest absolute Gasteiger partial charge is 0.491 e. The molecular formula is C26H27N5O4. The van der Waals surface area contributed by atoms with Crippen LogP contribution >= 0.6 is 0 Å². The minimum atomic E-state index is -0.329. The Morgan fingerprint density at radius 1 is 1.20 bits per heavy atom. The van der Waals surface area contributed by atoms with Crippen molar-refractivity contribution in [3.05, 3.63) is 72.9 Å². The molecule has 0 bridgehead atoms. The van der Waals surface area contributed by atoms with Gasteiger partial charge in [-0.15, -0.1) is 0 Å². The van der Waals surface area contributed by atoms with Gasteiger partial charge in [-0.1, -0.05) is 19.6 Å². The highest BCUT2D eigenvalue weighted by Crippen LogP contribution is 2.36. The third kappa shape index (κ3) is 5.64. The number of anilines is 5. The molecule has 0 saturated heterocycles. The van der Waals surface area contributed by atoms with E-state index in [1.54, 1.807) is 42.5 Å². The minimum absolute atomic E-state index is 0.0769. The van der Waals surface area contributed by atoms with E-state index < -0.39 is 0 Å². The summed E-state index contributed by atoms with van der Waals surface area (Å²) in [6, 6.07) is 14.5. The molecule has 1 atom stereocenters. The van der Waals surface area contributed by atoms with E-state index in [1.807, 2.05) is 31.2 Å². The van der Waals surface area contributed by atoms with Gasteiger partial charge in [0.2, 0.25) is 17.8 Å². The van der Waals surface area contributed by atoms with Crippen LogP contribution in [-0.2, 0) is 20.7 Å². The van der Waals surface area contributed by atoms with Gasteiger partial charge in [0.15, 0.2) is 0 Å². The van der Waals surface area contributed by atoms with E-state index in [1.165, 1.54) is 6.08 Å². The predicted octanol–water partition coefficient (Wildman–Crippen LogP) is 4.23. The number of methoxy groups -OCH3 is 1. The number of fused-ring (bicyclic) bond motifs is 1. The zero-order chi connectivity index (χ0) is 24.8. The van der Waals surface area contributed by atoms with E-state index >= 15 is 0 Å². The van der Waals surface area contributed by atoms with Gasteiger partial charge < -0.3 is 20.1 Å². The van der Waals surface area contributed by atoms with Gasteiger partial charge in [-0.2, -0.15) is 4.98 Å². The first kappa shape index (κ1) is 23.9. The molecule has 4 rings (SSSR count). The first-order chi connectivity index (χ1) is 17.0. The van der Waals surface area contributed by atoms with Gasteiger partial charge in [-0.05, 0) is 55.0 Å². The summed E-state index contributed by atoms with van der Waals surface area (Å²) in [6.45, 7) is 6.34. The zero-order valence-electron chi connectivity index (χ0n) is 19.7. The molecule has 1 aliphatic heterocycles.